The second-order valence-corrected chi connectivity index (χ2v) is 10.6. The van der Waals surface area contributed by atoms with Crippen LogP contribution in [0.25, 0.3) is 0 Å². The number of aryl methyl sites for hydroxylation is 1. The van der Waals surface area contributed by atoms with Crippen LogP contribution in [0.15, 0.2) is 65.6 Å². The van der Waals surface area contributed by atoms with Crippen molar-refractivity contribution in [2.75, 3.05) is 23.3 Å². The minimum absolute atomic E-state index is 0.0144. The van der Waals surface area contributed by atoms with Crippen LogP contribution in [0.1, 0.15) is 30.9 Å². The van der Waals surface area contributed by atoms with Crippen LogP contribution in [0.3, 0.4) is 0 Å². The van der Waals surface area contributed by atoms with Gasteiger partial charge in [0.15, 0.2) is 0 Å². The number of nitro groups is 1. The minimum Gasteiger partial charge on any atom is -0.495 e. The van der Waals surface area contributed by atoms with Crippen LogP contribution in [0.5, 0.6) is 5.75 Å². The molecule has 11 heteroatoms. The molecule has 0 aromatic heterocycles. The number of hydrogen-bond acceptors (Lipinski definition) is 6. The van der Waals surface area contributed by atoms with Gasteiger partial charge in [0.2, 0.25) is 5.91 Å². The predicted molar refractivity (Wildman–Crippen MR) is 140 cm³/mol. The van der Waals surface area contributed by atoms with Crippen LogP contribution >= 0.6 is 11.6 Å². The lowest BCUT2D eigenvalue weighted by molar-refractivity contribution is -0.385. The Labute approximate surface area is 214 Å². The SMILES string of the molecule is COc1ccc(Cl)cc1N(CC(=O)Nc1ccccc1C(C)C)S(=O)(=O)c1ccc(C)c([N+](=O)[O-])c1. The van der Waals surface area contributed by atoms with Crippen molar-refractivity contribution in [3.8, 4) is 5.75 Å². The normalized spacial score (nSPS) is 11.3. The Hall–Kier alpha value is -3.63. The van der Waals surface area contributed by atoms with Crippen molar-refractivity contribution in [2.45, 2.75) is 31.6 Å². The van der Waals surface area contributed by atoms with E-state index in [1.165, 1.54) is 44.4 Å². The molecule has 0 aliphatic carbocycles. The van der Waals surface area contributed by atoms with E-state index >= 15 is 0 Å². The van der Waals surface area contributed by atoms with Crippen LogP contribution in [-0.2, 0) is 14.8 Å². The average molecular weight is 532 g/mol. The highest BCUT2D eigenvalue weighted by atomic mass is 35.5. The van der Waals surface area contributed by atoms with E-state index in [1.807, 2.05) is 26.0 Å². The quantitative estimate of drug-likeness (QED) is 0.287. The van der Waals surface area contributed by atoms with E-state index in [0.717, 1.165) is 15.9 Å². The van der Waals surface area contributed by atoms with Gasteiger partial charge in [-0.3, -0.25) is 19.2 Å². The van der Waals surface area contributed by atoms with Crippen molar-refractivity contribution in [2.24, 2.45) is 0 Å². The molecule has 0 aliphatic rings. The first-order chi connectivity index (χ1) is 16.9. The van der Waals surface area contributed by atoms with Crippen LogP contribution in [0, 0.1) is 17.0 Å². The number of sulfonamides is 1. The molecule has 0 bridgehead atoms. The Morgan fingerprint density at radius 2 is 1.83 bits per heavy atom. The molecule has 190 valence electrons. The van der Waals surface area contributed by atoms with Crippen molar-refractivity contribution in [3.05, 3.63) is 86.9 Å². The van der Waals surface area contributed by atoms with Crippen molar-refractivity contribution in [3.63, 3.8) is 0 Å². The highest BCUT2D eigenvalue weighted by Crippen LogP contribution is 2.36. The smallest absolute Gasteiger partial charge is 0.273 e. The van der Waals surface area contributed by atoms with Crippen LogP contribution in [-0.4, -0.2) is 32.9 Å². The molecule has 0 saturated heterocycles. The molecule has 0 radical (unpaired) electrons. The molecule has 0 aliphatic heterocycles. The van der Waals surface area contributed by atoms with Crippen molar-refractivity contribution in [1.29, 1.82) is 0 Å². The summed E-state index contributed by atoms with van der Waals surface area (Å²) in [6.07, 6.45) is 0. The minimum atomic E-state index is -4.46. The van der Waals surface area contributed by atoms with Gasteiger partial charge in [-0.05, 0) is 48.7 Å². The molecule has 3 aromatic carbocycles. The monoisotopic (exact) mass is 531 g/mol. The van der Waals surface area contributed by atoms with E-state index < -0.39 is 27.4 Å². The molecule has 0 spiro atoms. The number of nitrogens with one attached hydrogen (secondary N) is 1. The number of methoxy groups -OCH3 is 1. The predicted octanol–water partition coefficient (Wildman–Crippen LogP) is 5.52. The Kier molecular flexibility index (Phi) is 8.21. The Balaban J connectivity index is 2.10. The zero-order valence-electron chi connectivity index (χ0n) is 20.2. The van der Waals surface area contributed by atoms with E-state index in [4.69, 9.17) is 16.3 Å². The van der Waals surface area contributed by atoms with E-state index in [2.05, 4.69) is 5.32 Å². The third kappa shape index (κ3) is 5.77. The Morgan fingerprint density at radius 3 is 2.47 bits per heavy atom. The topological polar surface area (TPSA) is 119 Å². The molecular formula is C25H26ClN3O6S. The summed E-state index contributed by atoms with van der Waals surface area (Å²) in [5.41, 5.74) is 1.40. The number of nitrogens with zero attached hydrogens (tertiary/aromatic N) is 2. The van der Waals surface area contributed by atoms with Gasteiger partial charge in [0.25, 0.3) is 15.7 Å². The summed E-state index contributed by atoms with van der Waals surface area (Å²) in [6.45, 7) is 4.82. The molecule has 0 fully saturated rings. The summed E-state index contributed by atoms with van der Waals surface area (Å²) in [4.78, 5) is 23.6. The number of rotatable bonds is 9. The third-order valence-corrected chi connectivity index (χ3v) is 7.51. The largest absolute Gasteiger partial charge is 0.495 e. The number of amides is 1. The maximum absolute atomic E-state index is 13.8. The maximum Gasteiger partial charge on any atom is 0.273 e. The number of hydrogen-bond donors (Lipinski definition) is 1. The molecule has 0 saturated carbocycles. The summed E-state index contributed by atoms with van der Waals surface area (Å²) in [5, 5.41) is 14.4. The third-order valence-electron chi connectivity index (χ3n) is 5.52. The fraction of sp³-hybridized carbons (Fsp3) is 0.240. The highest BCUT2D eigenvalue weighted by Gasteiger charge is 2.31. The summed E-state index contributed by atoms with van der Waals surface area (Å²) >= 11 is 6.16. The number of nitro benzene ring substituents is 1. The molecule has 3 rings (SSSR count). The maximum atomic E-state index is 13.8. The first-order valence-electron chi connectivity index (χ1n) is 11.0. The zero-order valence-corrected chi connectivity index (χ0v) is 21.8. The molecule has 3 aromatic rings. The molecule has 1 N–H and O–H groups in total. The van der Waals surface area contributed by atoms with E-state index in [0.29, 0.717) is 11.3 Å². The van der Waals surface area contributed by atoms with Gasteiger partial charge in [-0.2, -0.15) is 0 Å². The molecular weight excluding hydrogens is 506 g/mol. The van der Waals surface area contributed by atoms with Crippen molar-refractivity contribution >= 4 is 44.6 Å². The summed E-state index contributed by atoms with van der Waals surface area (Å²) in [5.74, 6) is -0.349. The van der Waals surface area contributed by atoms with E-state index in [-0.39, 0.29) is 33.0 Å². The van der Waals surface area contributed by atoms with Gasteiger partial charge in [-0.15, -0.1) is 0 Å². The number of benzene rings is 3. The summed E-state index contributed by atoms with van der Waals surface area (Å²) in [6, 6.07) is 15.1. The second-order valence-electron chi connectivity index (χ2n) is 8.32. The lowest BCUT2D eigenvalue weighted by atomic mass is 10.0. The lowest BCUT2D eigenvalue weighted by Crippen LogP contribution is -2.38. The number of halogens is 1. The van der Waals surface area contributed by atoms with Crippen LogP contribution in [0.2, 0.25) is 5.02 Å². The Morgan fingerprint density at radius 1 is 1.14 bits per heavy atom. The van der Waals surface area contributed by atoms with Gasteiger partial charge < -0.3 is 10.1 Å². The molecule has 0 heterocycles. The number of carbonyl (C=O) groups excluding carboxylic acids is 1. The molecule has 1 amide bonds. The summed E-state index contributed by atoms with van der Waals surface area (Å²) < 4.78 is 33.7. The van der Waals surface area contributed by atoms with Gasteiger partial charge in [0.05, 0.1) is 22.6 Å². The average Bonchev–Trinajstić information content (AvgIpc) is 2.82. The lowest BCUT2D eigenvalue weighted by Gasteiger charge is -2.26. The van der Waals surface area contributed by atoms with Crippen LogP contribution < -0.4 is 14.4 Å². The molecule has 0 atom stereocenters. The number of anilines is 2. The van der Waals surface area contributed by atoms with Gasteiger partial charge >= 0.3 is 0 Å². The fourth-order valence-corrected chi connectivity index (χ4v) is 5.28. The van der Waals surface area contributed by atoms with Crippen LogP contribution in [0.4, 0.5) is 17.1 Å². The van der Waals surface area contributed by atoms with Gasteiger partial charge in [0.1, 0.15) is 12.3 Å². The first-order valence-corrected chi connectivity index (χ1v) is 12.8. The molecule has 0 unspecified atom stereocenters. The molecule has 36 heavy (non-hydrogen) atoms. The van der Waals surface area contributed by atoms with E-state index in [9.17, 15) is 23.3 Å². The van der Waals surface area contributed by atoms with E-state index in [1.54, 1.807) is 12.1 Å². The van der Waals surface area contributed by atoms with Gasteiger partial charge in [-0.1, -0.05) is 49.7 Å². The highest BCUT2D eigenvalue weighted by molar-refractivity contribution is 7.92. The first kappa shape index (κ1) is 27.0. The Bertz CT molecular complexity index is 1410. The zero-order chi connectivity index (χ0) is 26.6. The number of para-hydroxylation sites is 1. The van der Waals surface area contributed by atoms with Gasteiger partial charge in [-0.25, -0.2) is 8.42 Å². The number of ether oxygens (including phenoxy) is 1. The molecule has 9 nitrogen and oxygen atoms in total. The summed E-state index contributed by atoms with van der Waals surface area (Å²) in [7, 11) is -3.11. The number of carbonyl (C=O) groups is 1. The standard InChI is InChI=1S/C25H26ClN3O6S/c1-16(2)20-7-5-6-8-21(20)27-25(30)15-28(23-13-18(26)10-12-24(23)35-4)36(33,34)19-11-9-17(3)22(14-19)29(31)32/h5-14,16H,15H2,1-4H3,(H,27,30). The van der Waals surface area contributed by atoms with Crippen molar-refractivity contribution in [1.82, 2.24) is 0 Å². The fourth-order valence-electron chi connectivity index (χ4n) is 3.67. The second kappa shape index (κ2) is 11.0. The van der Waals surface area contributed by atoms with Gasteiger partial charge in [0, 0.05) is 22.3 Å². The van der Waals surface area contributed by atoms with Crippen molar-refractivity contribution < 1.29 is 22.9 Å².